The molecule has 0 aliphatic carbocycles. The standard InChI is InChI=1S/C15H24N2O/c1-2-17(14-6-4-3-5-7-14)12-13-18-15-8-10-16-11-9-15/h3-7,15-16H,2,8-13H2,1H3. The van der Waals surface area contributed by atoms with Gasteiger partial charge >= 0.3 is 0 Å². The monoisotopic (exact) mass is 248 g/mol. The Morgan fingerprint density at radius 2 is 1.94 bits per heavy atom. The Bertz CT molecular complexity index is 323. The van der Waals surface area contributed by atoms with Crippen LogP contribution in [0.5, 0.6) is 0 Å². The highest BCUT2D eigenvalue weighted by atomic mass is 16.5. The molecule has 0 radical (unpaired) electrons. The van der Waals surface area contributed by atoms with Crippen LogP contribution in [0, 0.1) is 0 Å². The number of para-hydroxylation sites is 1. The summed E-state index contributed by atoms with van der Waals surface area (Å²) < 4.78 is 5.96. The number of nitrogens with zero attached hydrogens (tertiary/aromatic N) is 1. The smallest absolute Gasteiger partial charge is 0.0645 e. The maximum absolute atomic E-state index is 5.96. The van der Waals surface area contributed by atoms with Crippen molar-refractivity contribution in [1.82, 2.24) is 5.32 Å². The summed E-state index contributed by atoms with van der Waals surface area (Å²) in [5.74, 6) is 0. The minimum absolute atomic E-state index is 0.459. The summed E-state index contributed by atoms with van der Waals surface area (Å²) in [4.78, 5) is 2.36. The molecule has 0 saturated carbocycles. The fraction of sp³-hybridized carbons (Fsp3) is 0.600. The summed E-state index contributed by atoms with van der Waals surface area (Å²) in [6.45, 7) is 7.22. The lowest BCUT2D eigenvalue weighted by molar-refractivity contribution is 0.0373. The predicted octanol–water partition coefficient (Wildman–Crippen LogP) is 2.28. The van der Waals surface area contributed by atoms with Gasteiger partial charge in [0.2, 0.25) is 0 Å². The van der Waals surface area contributed by atoms with Crippen molar-refractivity contribution in [3.63, 3.8) is 0 Å². The lowest BCUT2D eigenvalue weighted by atomic mass is 10.1. The van der Waals surface area contributed by atoms with E-state index in [9.17, 15) is 0 Å². The number of piperidine rings is 1. The normalized spacial score (nSPS) is 16.7. The highest BCUT2D eigenvalue weighted by molar-refractivity contribution is 5.45. The van der Waals surface area contributed by atoms with Crippen LogP contribution in [0.15, 0.2) is 30.3 Å². The second-order valence-electron chi connectivity index (χ2n) is 4.74. The highest BCUT2D eigenvalue weighted by Gasteiger charge is 2.13. The van der Waals surface area contributed by atoms with E-state index in [0.29, 0.717) is 6.10 Å². The van der Waals surface area contributed by atoms with Gasteiger partial charge in [0.15, 0.2) is 0 Å². The third kappa shape index (κ3) is 4.00. The van der Waals surface area contributed by atoms with Gasteiger partial charge in [0.25, 0.3) is 0 Å². The first-order valence-electron chi connectivity index (χ1n) is 7.02. The third-order valence-corrected chi connectivity index (χ3v) is 3.50. The van der Waals surface area contributed by atoms with E-state index < -0.39 is 0 Å². The molecular weight excluding hydrogens is 224 g/mol. The topological polar surface area (TPSA) is 24.5 Å². The minimum atomic E-state index is 0.459. The zero-order valence-corrected chi connectivity index (χ0v) is 11.3. The summed E-state index contributed by atoms with van der Waals surface area (Å²) in [5.41, 5.74) is 1.29. The van der Waals surface area contributed by atoms with Crippen molar-refractivity contribution in [1.29, 1.82) is 0 Å². The van der Waals surface area contributed by atoms with Crippen LogP contribution >= 0.6 is 0 Å². The summed E-state index contributed by atoms with van der Waals surface area (Å²) in [7, 11) is 0. The molecule has 100 valence electrons. The first-order chi connectivity index (χ1) is 8.90. The van der Waals surface area contributed by atoms with Crippen LogP contribution in [0.4, 0.5) is 5.69 Å². The van der Waals surface area contributed by atoms with Crippen LogP contribution < -0.4 is 10.2 Å². The average molecular weight is 248 g/mol. The van der Waals surface area contributed by atoms with Crippen LogP contribution in [-0.2, 0) is 4.74 Å². The first kappa shape index (κ1) is 13.4. The number of likely N-dealkylation sites (N-methyl/N-ethyl adjacent to an activating group) is 1. The Hall–Kier alpha value is -1.06. The second-order valence-corrected chi connectivity index (χ2v) is 4.74. The molecule has 3 heteroatoms. The number of ether oxygens (including phenoxy) is 1. The van der Waals surface area contributed by atoms with Crippen molar-refractivity contribution in [2.45, 2.75) is 25.9 Å². The molecule has 1 aromatic carbocycles. The van der Waals surface area contributed by atoms with Crippen molar-refractivity contribution >= 4 is 5.69 Å². The molecule has 0 atom stereocenters. The Morgan fingerprint density at radius 1 is 1.22 bits per heavy atom. The lowest BCUT2D eigenvalue weighted by Gasteiger charge is -2.26. The zero-order chi connectivity index (χ0) is 12.6. The number of benzene rings is 1. The van der Waals surface area contributed by atoms with E-state index >= 15 is 0 Å². The van der Waals surface area contributed by atoms with Crippen molar-refractivity contribution in [2.24, 2.45) is 0 Å². The number of hydrogen-bond acceptors (Lipinski definition) is 3. The largest absolute Gasteiger partial charge is 0.376 e. The molecule has 2 rings (SSSR count). The van der Waals surface area contributed by atoms with Crippen LogP contribution in [0.3, 0.4) is 0 Å². The van der Waals surface area contributed by atoms with Gasteiger partial charge in [-0.05, 0) is 45.0 Å². The van der Waals surface area contributed by atoms with Gasteiger partial charge in [-0.25, -0.2) is 0 Å². The van der Waals surface area contributed by atoms with Gasteiger partial charge in [0, 0.05) is 18.8 Å². The predicted molar refractivity (Wildman–Crippen MR) is 76.2 cm³/mol. The lowest BCUT2D eigenvalue weighted by Crippen LogP contribution is -2.34. The van der Waals surface area contributed by atoms with Crippen molar-refractivity contribution < 1.29 is 4.74 Å². The molecule has 1 fully saturated rings. The van der Waals surface area contributed by atoms with E-state index in [0.717, 1.165) is 45.6 Å². The van der Waals surface area contributed by atoms with Crippen LogP contribution in [0.25, 0.3) is 0 Å². The van der Waals surface area contributed by atoms with Crippen molar-refractivity contribution in [3.8, 4) is 0 Å². The van der Waals surface area contributed by atoms with Gasteiger partial charge in [0.1, 0.15) is 0 Å². The Morgan fingerprint density at radius 3 is 2.61 bits per heavy atom. The molecular formula is C15H24N2O. The summed E-state index contributed by atoms with van der Waals surface area (Å²) in [5, 5.41) is 3.36. The van der Waals surface area contributed by atoms with E-state index in [2.05, 4.69) is 47.5 Å². The number of nitrogens with one attached hydrogen (secondary N) is 1. The van der Waals surface area contributed by atoms with Crippen molar-refractivity contribution in [3.05, 3.63) is 30.3 Å². The molecule has 0 spiro atoms. The molecule has 3 nitrogen and oxygen atoms in total. The van der Waals surface area contributed by atoms with E-state index in [1.54, 1.807) is 0 Å². The average Bonchev–Trinajstić information content (AvgIpc) is 2.46. The summed E-state index contributed by atoms with van der Waals surface area (Å²) in [6.07, 6.45) is 2.76. The van der Waals surface area contributed by atoms with Gasteiger partial charge < -0.3 is 15.0 Å². The molecule has 1 saturated heterocycles. The van der Waals surface area contributed by atoms with E-state index in [1.165, 1.54) is 5.69 Å². The maximum atomic E-state index is 5.96. The Labute approximate surface area is 110 Å². The first-order valence-corrected chi connectivity index (χ1v) is 7.02. The van der Waals surface area contributed by atoms with Crippen LogP contribution in [0.1, 0.15) is 19.8 Å². The molecule has 0 unspecified atom stereocenters. The fourth-order valence-electron chi connectivity index (χ4n) is 2.40. The molecule has 1 N–H and O–H groups in total. The van der Waals surface area contributed by atoms with Crippen molar-refractivity contribution in [2.75, 3.05) is 37.7 Å². The molecule has 0 amide bonds. The van der Waals surface area contributed by atoms with Gasteiger partial charge in [-0.1, -0.05) is 18.2 Å². The van der Waals surface area contributed by atoms with E-state index in [-0.39, 0.29) is 0 Å². The Balaban J connectivity index is 1.73. The van der Waals surface area contributed by atoms with E-state index in [1.807, 2.05) is 0 Å². The number of hydrogen-bond donors (Lipinski definition) is 1. The fourth-order valence-corrected chi connectivity index (χ4v) is 2.40. The summed E-state index contributed by atoms with van der Waals surface area (Å²) in [6, 6.07) is 10.6. The third-order valence-electron chi connectivity index (χ3n) is 3.50. The van der Waals surface area contributed by atoms with Gasteiger partial charge in [-0.15, -0.1) is 0 Å². The van der Waals surface area contributed by atoms with Gasteiger partial charge in [0.05, 0.1) is 12.7 Å². The minimum Gasteiger partial charge on any atom is -0.376 e. The molecule has 0 aromatic heterocycles. The van der Waals surface area contributed by atoms with E-state index in [4.69, 9.17) is 4.74 Å². The molecule has 0 bridgehead atoms. The number of rotatable bonds is 6. The van der Waals surface area contributed by atoms with Gasteiger partial charge in [-0.3, -0.25) is 0 Å². The quantitative estimate of drug-likeness (QED) is 0.836. The second kappa shape index (κ2) is 7.39. The molecule has 18 heavy (non-hydrogen) atoms. The highest BCUT2D eigenvalue weighted by Crippen LogP contribution is 2.13. The van der Waals surface area contributed by atoms with Crippen LogP contribution in [-0.4, -0.2) is 38.9 Å². The zero-order valence-electron chi connectivity index (χ0n) is 11.3. The van der Waals surface area contributed by atoms with Crippen LogP contribution in [0.2, 0.25) is 0 Å². The molecule has 1 aliphatic rings. The Kier molecular flexibility index (Phi) is 5.49. The van der Waals surface area contributed by atoms with Gasteiger partial charge in [-0.2, -0.15) is 0 Å². The maximum Gasteiger partial charge on any atom is 0.0645 e. The molecule has 1 aromatic rings. The SMILES string of the molecule is CCN(CCOC1CCNCC1)c1ccccc1. The number of anilines is 1. The molecule has 1 aliphatic heterocycles. The molecule has 1 heterocycles. The summed E-state index contributed by atoms with van der Waals surface area (Å²) >= 11 is 0.